The Bertz CT molecular complexity index is 351. The highest BCUT2D eigenvalue weighted by Gasteiger charge is 2.19. The summed E-state index contributed by atoms with van der Waals surface area (Å²) in [6, 6.07) is 5.96. The van der Waals surface area contributed by atoms with Crippen LogP contribution in [0.2, 0.25) is 10.0 Å². The minimum absolute atomic E-state index is 0.251. The largest absolute Gasteiger partial charge is 0.385 e. The number of benzene rings is 1. The summed E-state index contributed by atoms with van der Waals surface area (Å²) in [4.78, 5) is 0. The summed E-state index contributed by atoms with van der Waals surface area (Å²) in [7, 11) is 1.73. The highest BCUT2D eigenvalue weighted by atomic mass is 35.5. The highest BCUT2D eigenvalue weighted by molar-refractivity contribution is 6.34. The maximum absolute atomic E-state index is 6.07. The summed E-state index contributed by atoms with van der Waals surface area (Å²) < 4.78 is 5.14. The zero-order valence-corrected chi connectivity index (χ0v) is 12.7. The van der Waals surface area contributed by atoms with Crippen LogP contribution in [0.5, 0.6) is 0 Å². The normalized spacial score (nSPS) is 14.5. The molecule has 102 valence electrons. The van der Waals surface area contributed by atoms with Gasteiger partial charge in [0.25, 0.3) is 0 Å². The van der Waals surface area contributed by atoms with Crippen molar-refractivity contribution in [1.29, 1.82) is 0 Å². The average Bonchev–Trinajstić information content (AvgIpc) is 2.31. The van der Waals surface area contributed by atoms with Gasteiger partial charge in [0.2, 0.25) is 0 Å². The molecule has 0 aliphatic carbocycles. The molecule has 18 heavy (non-hydrogen) atoms. The van der Waals surface area contributed by atoms with E-state index in [2.05, 4.69) is 19.2 Å². The lowest BCUT2D eigenvalue weighted by atomic mass is 9.92. The molecule has 1 aromatic carbocycles. The standard InChI is InChI=1S/C14H21Cl2NO/c1-4-17-14(10(2)5-6-18-3)11-7-12(15)9-13(16)8-11/h7-10,14,17H,4-6H2,1-3H3. The van der Waals surface area contributed by atoms with E-state index in [0.717, 1.165) is 25.1 Å². The first-order valence-electron chi connectivity index (χ1n) is 6.26. The van der Waals surface area contributed by atoms with Crippen LogP contribution in [0.15, 0.2) is 18.2 Å². The van der Waals surface area contributed by atoms with Gasteiger partial charge in [0, 0.05) is 29.8 Å². The lowest BCUT2D eigenvalue weighted by Gasteiger charge is -2.25. The molecule has 2 nitrogen and oxygen atoms in total. The second kappa shape index (κ2) is 8.00. The number of hydrogen-bond donors (Lipinski definition) is 1. The van der Waals surface area contributed by atoms with E-state index in [1.54, 1.807) is 13.2 Å². The van der Waals surface area contributed by atoms with Crippen LogP contribution in [0.25, 0.3) is 0 Å². The molecule has 0 fully saturated rings. The first kappa shape index (κ1) is 15.8. The Hall–Kier alpha value is -0.280. The molecule has 0 aromatic heterocycles. The molecule has 0 amide bonds. The summed E-state index contributed by atoms with van der Waals surface area (Å²) in [5, 5.41) is 4.85. The molecule has 1 N–H and O–H groups in total. The summed E-state index contributed by atoms with van der Waals surface area (Å²) in [5.74, 6) is 0.458. The number of halogens is 2. The van der Waals surface area contributed by atoms with Gasteiger partial charge in [0.05, 0.1) is 0 Å². The Morgan fingerprint density at radius 1 is 1.22 bits per heavy atom. The van der Waals surface area contributed by atoms with E-state index in [1.165, 1.54) is 0 Å². The van der Waals surface area contributed by atoms with Gasteiger partial charge in [-0.25, -0.2) is 0 Å². The van der Waals surface area contributed by atoms with E-state index in [1.807, 2.05) is 12.1 Å². The van der Waals surface area contributed by atoms with Gasteiger partial charge in [-0.05, 0) is 42.6 Å². The van der Waals surface area contributed by atoms with Crippen LogP contribution in [0, 0.1) is 5.92 Å². The smallest absolute Gasteiger partial charge is 0.0465 e. The lowest BCUT2D eigenvalue weighted by Crippen LogP contribution is -2.27. The highest BCUT2D eigenvalue weighted by Crippen LogP contribution is 2.29. The summed E-state index contributed by atoms with van der Waals surface area (Å²) in [6.07, 6.45) is 0.998. The van der Waals surface area contributed by atoms with Crippen LogP contribution < -0.4 is 5.32 Å². The van der Waals surface area contributed by atoms with Crippen molar-refractivity contribution in [3.8, 4) is 0 Å². The quantitative estimate of drug-likeness (QED) is 0.807. The van der Waals surface area contributed by atoms with Crippen molar-refractivity contribution in [2.24, 2.45) is 5.92 Å². The third kappa shape index (κ3) is 4.77. The molecule has 0 radical (unpaired) electrons. The van der Waals surface area contributed by atoms with Crippen molar-refractivity contribution in [1.82, 2.24) is 5.32 Å². The second-order valence-electron chi connectivity index (χ2n) is 4.50. The maximum Gasteiger partial charge on any atom is 0.0465 e. The van der Waals surface area contributed by atoms with Gasteiger partial charge < -0.3 is 10.1 Å². The van der Waals surface area contributed by atoms with Crippen LogP contribution in [0.4, 0.5) is 0 Å². The first-order chi connectivity index (χ1) is 8.58. The molecule has 4 heteroatoms. The fraction of sp³-hybridized carbons (Fsp3) is 0.571. The number of nitrogens with one attached hydrogen (secondary N) is 1. The van der Waals surface area contributed by atoms with E-state index >= 15 is 0 Å². The number of rotatable bonds is 7. The van der Waals surface area contributed by atoms with Gasteiger partial charge in [-0.1, -0.05) is 37.0 Å². The molecule has 1 rings (SSSR count). The van der Waals surface area contributed by atoms with E-state index in [0.29, 0.717) is 16.0 Å². The molecule has 0 saturated heterocycles. The number of ether oxygens (including phenoxy) is 1. The minimum atomic E-state index is 0.251. The monoisotopic (exact) mass is 289 g/mol. The predicted octanol–water partition coefficient (Wildman–Crippen LogP) is 4.32. The maximum atomic E-state index is 6.07. The Morgan fingerprint density at radius 2 is 1.83 bits per heavy atom. The molecule has 0 aliphatic heterocycles. The fourth-order valence-electron chi connectivity index (χ4n) is 2.09. The van der Waals surface area contributed by atoms with Crippen molar-refractivity contribution in [3.05, 3.63) is 33.8 Å². The third-order valence-electron chi connectivity index (χ3n) is 3.01. The van der Waals surface area contributed by atoms with E-state index < -0.39 is 0 Å². The summed E-state index contributed by atoms with van der Waals surface area (Å²) in [5.41, 5.74) is 1.14. The molecular formula is C14H21Cl2NO. The van der Waals surface area contributed by atoms with Crippen LogP contribution in [0.3, 0.4) is 0 Å². The van der Waals surface area contributed by atoms with Crippen LogP contribution in [-0.4, -0.2) is 20.3 Å². The van der Waals surface area contributed by atoms with Crippen molar-refractivity contribution in [3.63, 3.8) is 0 Å². The summed E-state index contributed by atoms with van der Waals surface area (Å²) in [6.45, 7) is 5.98. The molecule has 0 saturated carbocycles. The number of hydrogen-bond acceptors (Lipinski definition) is 2. The van der Waals surface area contributed by atoms with Crippen LogP contribution >= 0.6 is 23.2 Å². The molecule has 0 spiro atoms. The van der Waals surface area contributed by atoms with Gasteiger partial charge in [0.1, 0.15) is 0 Å². The van der Waals surface area contributed by atoms with Crippen molar-refractivity contribution in [2.75, 3.05) is 20.3 Å². The molecule has 0 bridgehead atoms. The molecule has 0 aliphatic rings. The second-order valence-corrected chi connectivity index (χ2v) is 5.37. The Morgan fingerprint density at radius 3 is 2.33 bits per heavy atom. The van der Waals surface area contributed by atoms with Gasteiger partial charge in [-0.3, -0.25) is 0 Å². The minimum Gasteiger partial charge on any atom is -0.385 e. The van der Waals surface area contributed by atoms with Crippen LogP contribution in [0.1, 0.15) is 31.9 Å². The van der Waals surface area contributed by atoms with Gasteiger partial charge in [0.15, 0.2) is 0 Å². The topological polar surface area (TPSA) is 21.3 Å². The lowest BCUT2D eigenvalue weighted by molar-refractivity contribution is 0.170. The Balaban J connectivity index is 2.88. The molecule has 2 atom stereocenters. The summed E-state index contributed by atoms with van der Waals surface area (Å²) >= 11 is 12.1. The molecule has 2 unspecified atom stereocenters. The Kier molecular flexibility index (Phi) is 7.02. The predicted molar refractivity (Wildman–Crippen MR) is 78.5 cm³/mol. The zero-order valence-electron chi connectivity index (χ0n) is 11.2. The molecule has 1 aromatic rings. The van der Waals surface area contributed by atoms with Gasteiger partial charge >= 0.3 is 0 Å². The van der Waals surface area contributed by atoms with Crippen molar-refractivity contribution in [2.45, 2.75) is 26.3 Å². The first-order valence-corrected chi connectivity index (χ1v) is 7.02. The SMILES string of the molecule is CCNC(c1cc(Cl)cc(Cl)c1)C(C)CCOC. The molecule has 0 heterocycles. The zero-order chi connectivity index (χ0) is 13.5. The van der Waals surface area contributed by atoms with Crippen molar-refractivity contribution < 1.29 is 4.74 Å². The van der Waals surface area contributed by atoms with E-state index in [-0.39, 0.29) is 6.04 Å². The number of methoxy groups -OCH3 is 1. The Labute approximate surface area is 120 Å². The average molecular weight is 290 g/mol. The van der Waals surface area contributed by atoms with E-state index in [4.69, 9.17) is 27.9 Å². The van der Waals surface area contributed by atoms with E-state index in [9.17, 15) is 0 Å². The van der Waals surface area contributed by atoms with Gasteiger partial charge in [-0.15, -0.1) is 0 Å². The molecular weight excluding hydrogens is 269 g/mol. The fourth-order valence-corrected chi connectivity index (χ4v) is 2.64. The van der Waals surface area contributed by atoms with Crippen LogP contribution in [-0.2, 0) is 4.74 Å². The van der Waals surface area contributed by atoms with Gasteiger partial charge in [-0.2, -0.15) is 0 Å². The van der Waals surface area contributed by atoms with Crippen molar-refractivity contribution >= 4 is 23.2 Å². The third-order valence-corrected chi connectivity index (χ3v) is 3.45.